The van der Waals surface area contributed by atoms with E-state index >= 15 is 0 Å². The van der Waals surface area contributed by atoms with Gasteiger partial charge in [0.15, 0.2) is 12.6 Å². The molecule has 2 rings (SSSR count). The molecule has 0 aromatic heterocycles. The third-order valence-electron chi connectivity index (χ3n) is 5.51. The Bertz CT molecular complexity index is 481. The molecule has 10 atom stereocenters. The van der Waals surface area contributed by atoms with Crippen LogP contribution in [0.5, 0.6) is 0 Å². The van der Waals surface area contributed by atoms with Crippen molar-refractivity contribution in [2.24, 2.45) is 0 Å². The van der Waals surface area contributed by atoms with E-state index in [1.807, 2.05) is 0 Å². The predicted molar refractivity (Wildman–Crippen MR) is 102 cm³/mol. The number of hydrogen-bond acceptors (Lipinski definition) is 11. The highest BCUT2D eigenvalue weighted by Crippen LogP contribution is 2.33. The van der Waals surface area contributed by atoms with Crippen LogP contribution in [0.15, 0.2) is 0 Å². The fourth-order valence-corrected chi connectivity index (χ4v) is 4.13. The van der Waals surface area contributed by atoms with Gasteiger partial charge in [0.05, 0.1) is 13.2 Å². The van der Waals surface area contributed by atoms with Crippen molar-refractivity contribution in [1.29, 1.82) is 0 Å². The number of methoxy groups -OCH3 is 7. The van der Waals surface area contributed by atoms with Gasteiger partial charge in [-0.15, -0.1) is 0 Å². The number of hydrogen-bond donors (Lipinski definition) is 1. The second-order valence-electron chi connectivity index (χ2n) is 7.12. The van der Waals surface area contributed by atoms with Gasteiger partial charge in [-0.1, -0.05) is 0 Å². The molecular formula is C19H36O11. The molecule has 30 heavy (non-hydrogen) atoms. The molecule has 0 radical (unpaired) electrons. The zero-order valence-electron chi connectivity index (χ0n) is 18.7. The van der Waals surface area contributed by atoms with Crippen molar-refractivity contribution in [3.05, 3.63) is 0 Å². The third-order valence-corrected chi connectivity index (χ3v) is 5.51. The fraction of sp³-hybridized carbons (Fsp3) is 1.00. The second-order valence-corrected chi connectivity index (χ2v) is 7.12. The molecule has 0 aromatic carbocycles. The third kappa shape index (κ3) is 5.48. The van der Waals surface area contributed by atoms with Gasteiger partial charge in [0, 0.05) is 49.8 Å². The van der Waals surface area contributed by atoms with Crippen LogP contribution in [-0.2, 0) is 47.4 Å². The van der Waals surface area contributed by atoms with Gasteiger partial charge in [-0.2, -0.15) is 0 Å². The summed E-state index contributed by atoms with van der Waals surface area (Å²) in [4.78, 5) is 0. The Kier molecular flexibility index (Phi) is 10.8. The molecule has 0 amide bonds. The first kappa shape index (κ1) is 25.8. The van der Waals surface area contributed by atoms with Crippen molar-refractivity contribution in [3.63, 3.8) is 0 Å². The van der Waals surface area contributed by atoms with E-state index in [0.29, 0.717) is 0 Å². The second kappa shape index (κ2) is 12.6. The van der Waals surface area contributed by atoms with E-state index in [1.54, 1.807) is 21.3 Å². The number of aliphatic hydroxyl groups excluding tert-OH is 1. The molecule has 0 aliphatic carbocycles. The lowest BCUT2D eigenvalue weighted by Gasteiger charge is -2.48. The van der Waals surface area contributed by atoms with Gasteiger partial charge in [-0.25, -0.2) is 0 Å². The molecule has 11 heteroatoms. The number of rotatable bonds is 11. The van der Waals surface area contributed by atoms with Gasteiger partial charge >= 0.3 is 0 Å². The Morgan fingerprint density at radius 2 is 1.03 bits per heavy atom. The Hall–Kier alpha value is -0.440. The Morgan fingerprint density at radius 1 is 0.567 bits per heavy atom. The van der Waals surface area contributed by atoms with E-state index in [-0.39, 0.29) is 13.2 Å². The van der Waals surface area contributed by atoms with Crippen LogP contribution >= 0.6 is 0 Å². The van der Waals surface area contributed by atoms with Gasteiger partial charge in [-0.05, 0) is 0 Å². The molecule has 11 nitrogen and oxygen atoms in total. The molecule has 1 N–H and O–H groups in total. The molecule has 0 unspecified atom stereocenters. The molecule has 0 saturated carbocycles. The Balaban J connectivity index is 2.31. The summed E-state index contributed by atoms with van der Waals surface area (Å²) in [5.74, 6) is 0. The van der Waals surface area contributed by atoms with E-state index in [4.69, 9.17) is 47.4 Å². The van der Waals surface area contributed by atoms with Crippen molar-refractivity contribution < 1.29 is 52.5 Å². The van der Waals surface area contributed by atoms with Crippen LogP contribution in [0.2, 0.25) is 0 Å². The lowest BCUT2D eigenvalue weighted by molar-refractivity contribution is -0.364. The molecule has 2 aliphatic heterocycles. The van der Waals surface area contributed by atoms with Gasteiger partial charge < -0.3 is 52.5 Å². The maximum Gasteiger partial charge on any atom is 0.187 e. The summed E-state index contributed by atoms with van der Waals surface area (Å²) in [5.41, 5.74) is 0. The topological polar surface area (TPSA) is 113 Å². The molecule has 0 aromatic rings. The van der Waals surface area contributed by atoms with Crippen LogP contribution in [0.25, 0.3) is 0 Å². The summed E-state index contributed by atoms with van der Waals surface area (Å²) >= 11 is 0. The minimum atomic E-state index is -1.24. The highest BCUT2D eigenvalue weighted by atomic mass is 16.7. The lowest BCUT2D eigenvalue weighted by atomic mass is 9.96. The lowest BCUT2D eigenvalue weighted by Crippen LogP contribution is -2.66. The van der Waals surface area contributed by atoms with Crippen LogP contribution in [-0.4, -0.2) is 130 Å². The first-order valence-corrected chi connectivity index (χ1v) is 9.77. The Morgan fingerprint density at radius 3 is 1.50 bits per heavy atom. The quantitative estimate of drug-likeness (QED) is 0.435. The fourth-order valence-electron chi connectivity index (χ4n) is 4.13. The van der Waals surface area contributed by atoms with Gasteiger partial charge in [-0.3, -0.25) is 0 Å². The molecule has 0 spiro atoms. The average Bonchev–Trinajstić information content (AvgIpc) is 2.74. The zero-order valence-corrected chi connectivity index (χ0v) is 18.7. The van der Waals surface area contributed by atoms with E-state index in [1.165, 1.54) is 28.4 Å². The molecule has 2 heterocycles. The highest BCUT2D eigenvalue weighted by molar-refractivity contribution is 4.96. The average molecular weight is 440 g/mol. The minimum Gasteiger partial charge on any atom is -0.382 e. The van der Waals surface area contributed by atoms with Crippen LogP contribution in [0.3, 0.4) is 0 Å². The SMILES string of the molecule is COC[C@H]1O[C@H](O)[C@H](OC)[C@@H](O[C@@H]2O[C@H](COC)[C@@H](OC)[C@H](OC)[C@H]2OC)[C@@H]1OC. The number of aliphatic hydroxyl groups is 1. The number of ether oxygens (including phenoxy) is 10. The molecular weight excluding hydrogens is 404 g/mol. The van der Waals surface area contributed by atoms with Crippen LogP contribution in [0.4, 0.5) is 0 Å². The van der Waals surface area contributed by atoms with Crippen LogP contribution in [0, 0.1) is 0 Å². The van der Waals surface area contributed by atoms with Gasteiger partial charge in [0.1, 0.15) is 48.8 Å². The minimum absolute atomic E-state index is 0.198. The summed E-state index contributed by atoms with van der Waals surface area (Å²) < 4.78 is 56.5. The summed E-state index contributed by atoms with van der Waals surface area (Å²) in [6, 6.07) is 0. The predicted octanol–water partition coefficient (Wildman–Crippen LogP) is -0.818. The van der Waals surface area contributed by atoms with Gasteiger partial charge in [0.2, 0.25) is 0 Å². The van der Waals surface area contributed by atoms with Crippen molar-refractivity contribution >= 4 is 0 Å². The monoisotopic (exact) mass is 440 g/mol. The van der Waals surface area contributed by atoms with Gasteiger partial charge in [0.25, 0.3) is 0 Å². The summed E-state index contributed by atoms with van der Waals surface area (Å²) in [6.45, 7) is 0.461. The van der Waals surface area contributed by atoms with E-state index in [9.17, 15) is 5.11 Å². The molecule has 2 saturated heterocycles. The van der Waals surface area contributed by atoms with E-state index < -0.39 is 61.4 Å². The first-order valence-electron chi connectivity index (χ1n) is 9.77. The molecule has 178 valence electrons. The van der Waals surface area contributed by atoms with E-state index in [2.05, 4.69) is 0 Å². The molecule has 0 bridgehead atoms. The van der Waals surface area contributed by atoms with Crippen LogP contribution in [0.1, 0.15) is 0 Å². The first-order chi connectivity index (χ1) is 14.5. The van der Waals surface area contributed by atoms with Crippen molar-refractivity contribution in [2.45, 2.75) is 61.4 Å². The Labute approximate surface area is 177 Å². The largest absolute Gasteiger partial charge is 0.382 e. The highest BCUT2D eigenvalue weighted by Gasteiger charge is 2.53. The standard InChI is InChI=1S/C19H36O11/c1-21-8-10-13(24-4)15(16(26-6)18(20)28-10)30-19-17(27-7)14(25-5)12(23-3)11(29-19)9-22-2/h10-20H,8-9H2,1-7H3/t10-,11-,12-,13-,14+,15+,16-,17-,18+,19+/m1/s1. The zero-order chi connectivity index (χ0) is 22.3. The van der Waals surface area contributed by atoms with E-state index in [0.717, 1.165) is 0 Å². The smallest absolute Gasteiger partial charge is 0.187 e. The molecule has 2 aliphatic rings. The normalized spacial score (nSPS) is 42.4. The summed E-state index contributed by atoms with van der Waals surface area (Å²) in [5, 5.41) is 10.4. The summed E-state index contributed by atoms with van der Waals surface area (Å²) in [7, 11) is 10.8. The summed E-state index contributed by atoms with van der Waals surface area (Å²) in [6.07, 6.45) is -6.87. The van der Waals surface area contributed by atoms with Crippen molar-refractivity contribution in [3.8, 4) is 0 Å². The maximum atomic E-state index is 10.4. The van der Waals surface area contributed by atoms with Crippen molar-refractivity contribution in [2.75, 3.05) is 63.0 Å². The molecule has 2 fully saturated rings. The van der Waals surface area contributed by atoms with Crippen molar-refractivity contribution in [1.82, 2.24) is 0 Å². The maximum absolute atomic E-state index is 10.4. The van der Waals surface area contributed by atoms with Crippen LogP contribution < -0.4 is 0 Å².